The highest BCUT2D eigenvalue weighted by Crippen LogP contribution is 2.45. The smallest absolute Gasteiger partial charge is 0.326 e. The number of rotatable bonds is 6. The molecule has 1 unspecified atom stereocenters. The number of aliphatic imine (C=N–C) groups is 1. The molecule has 2 N–H and O–H groups in total. The Kier molecular flexibility index (Phi) is 4.06. The van der Waals surface area contributed by atoms with Crippen molar-refractivity contribution < 1.29 is 14.6 Å². The van der Waals surface area contributed by atoms with Gasteiger partial charge >= 0.3 is 5.97 Å². The summed E-state index contributed by atoms with van der Waals surface area (Å²) in [6, 6.07) is -0.0356. The van der Waals surface area contributed by atoms with E-state index in [0.717, 1.165) is 12.1 Å². The number of carbonyl (C=O) groups excluding carboxylic acids is 1. The zero-order chi connectivity index (χ0) is 14.0. The van der Waals surface area contributed by atoms with Crippen LogP contribution in [-0.2, 0) is 9.53 Å². The Morgan fingerprint density at radius 1 is 1.79 bits per heavy atom. The van der Waals surface area contributed by atoms with Crippen LogP contribution in [0.2, 0.25) is 0 Å². The molecule has 1 aliphatic heterocycles. The second kappa shape index (κ2) is 5.43. The van der Waals surface area contributed by atoms with Gasteiger partial charge in [-0.25, -0.2) is 0 Å². The van der Waals surface area contributed by atoms with E-state index in [-0.39, 0.29) is 24.0 Å². The molecule has 1 fully saturated rings. The lowest BCUT2D eigenvalue weighted by molar-refractivity contribution is -0.147. The first-order valence-electron chi connectivity index (χ1n) is 6.82. The molecule has 1 saturated carbocycles. The second-order valence-corrected chi connectivity index (χ2v) is 5.29. The monoisotopic (exact) mass is 266 g/mol. The van der Waals surface area contributed by atoms with Crippen LogP contribution < -0.4 is 5.32 Å². The largest absolute Gasteiger partial charge is 0.465 e. The van der Waals surface area contributed by atoms with Crippen LogP contribution in [0, 0.1) is 5.92 Å². The van der Waals surface area contributed by atoms with Gasteiger partial charge in [-0.1, -0.05) is 6.08 Å². The molecule has 2 aliphatic rings. The van der Waals surface area contributed by atoms with Crippen molar-refractivity contribution in [3.05, 3.63) is 12.7 Å². The fourth-order valence-electron chi connectivity index (χ4n) is 2.67. The molecular formula is C14H22N2O3. The number of hydrogen-bond donors (Lipinski definition) is 2. The third-order valence-electron chi connectivity index (χ3n) is 3.86. The minimum Gasteiger partial charge on any atom is -0.465 e. The zero-order valence-electron chi connectivity index (χ0n) is 11.6. The predicted molar refractivity (Wildman–Crippen MR) is 73.2 cm³/mol. The molecule has 4 atom stereocenters. The summed E-state index contributed by atoms with van der Waals surface area (Å²) in [4.78, 5) is 16.4. The summed E-state index contributed by atoms with van der Waals surface area (Å²) in [7, 11) is 0. The summed E-state index contributed by atoms with van der Waals surface area (Å²) in [5, 5.41) is 12.8. The van der Waals surface area contributed by atoms with Crippen LogP contribution in [0.4, 0.5) is 0 Å². The highest BCUT2D eigenvalue weighted by Gasteiger charge is 2.60. The topological polar surface area (TPSA) is 70.9 Å². The number of aliphatic hydroxyl groups is 1. The van der Waals surface area contributed by atoms with Crippen LogP contribution in [0.1, 0.15) is 26.7 Å². The molecule has 0 saturated heterocycles. The summed E-state index contributed by atoms with van der Waals surface area (Å²) < 4.78 is 5.15. The third kappa shape index (κ3) is 2.72. The summed E-state index contributed by atoms with van der Waals surface area (Å²) in [6.45, 7) is 8.36. The number of nitrogens with zero attached hydrogens (tertiary/aromatic N) is 1. The Morgan fingerprint density at radius 2 is 2.53 bits per heavy atom. The summed E-state index contributed by atoms with van der Waals surface area (Å²) >= 11 is 0. The Hall–Kier alpha value is -1.20. The van der Waals surface area contributed by atoms with Crippen LogP contribution in [0.15, 0.2) is 17.6 Å². The minimum absolute atomic E-state index is 0.0356. The molecule has 0 aromatic heterocycles. The molecule has 0 amide bonds. The Labute approximate surface area is 113 Å². The third-order valence-corrected chi connectivity index (χ3v) is 3.86. The van der Waals surface area contributed by atoms with Crippen molar-refractivity contribution in [3.63, 3.8) is 0 Å². The van der Waals surface area contributed by atoms with Gasteiger partial charge in [0.05, 0.1) is 19.3 Å². The van der Waals surface area contributed by atoms with E-state index in [0.29, 0.717) is 19.6 Å². The standard InChI is InChI=1S/C14H22N2O3/c1-4-10-7-14(10,13(18)19-5-2)16-9(3)12-6-11(17)8-15-12/h4,9-11,16-17H,1,5-8H2,2-3H3/t9?,10-,11-,14-/m1/s1. The maximum atomic E-state index is 12.1. The summed E-state index contributed by atoms with van der Waals surface area (Å²) in [5.74, 6) is -0.105. The van der Waals surface area contributed by atoms with Crippen LogP contribution in [0.3, 0.4) is 0 Å². The van der Waals surface area contributed by atoms with E-state index in [1.807, 2.05) is 6.92 Å². The van der Waals surface area contributed by atoms with Gasteiger partial charge in [0.2, 0.25) is 0 Å². The number of nitrogens with one attached hydrogen (secondary N) is 1. The van der Waals surface area contributed by atoms with Gasteiger partial charge in [0, 0.05) is 24.1 Å². The molecule has 0 aromatic rings. The number of ether oxygens (including phenoxy) is 1. The van der Waals surface area contributed by atoms with Crippen molar-refractivity contribution >= 4 is 11.7 Å². The van der Waals surface area contributed by atoms with Crippen molar-refractivity contribution in [1.29, 1.82) is 0 Å². The number of esters is 1. The van der Waals surface area contributed by atoms with Crippen molar-refractivity contribution in [2.24, 2.45) is 10.9 Å². The van der Waals surface area contributed by atoms with Gasteiger partial charge in [0.15, 0.2) is 0 Å². The molecule has 106 valence electrons. The van der Waals surface area contributed by atoms with E-state index >= 15 is 0 Å². The van der Waals surface area contributed by atoms with Gasteiger partial charge < -0.3 is 9.84 Å². The highest BCUT2D eigenvalue weighted by atomic mass is 16.5. The Balaban J connectivity index is 2.02. The molecular weight excluding hydrogens is 244 g/mol. The van der Waals surface area contributed by atoms with Gasteiger partial charge in [-0.2, -0.15) is 0 Å². The minimum atomic E-state index is -0.646. The van der Waals surface area contributed by atoms with E-state index in [2.05, 4.69) is 16.9 Å². The molecule has 1 aliphatic carbocycles. The second-order valence-electron chi connectivity index (χ2n) is 5.29. The van der Waals surface area contributed by atoms with E-state index in [9.17, 15) is 9.90 Å². The lowest BCUT2D eigenvalue weighted by Gasteiger charge is -2.22. The van der Waals surface area contributed by atoms with E-state index in [1.165, 1.54) is 0 Å². The van der Waals surface area contributed by atoms with Gasteiger partial charge in [-0.3, -0.25) is 15.1 Å². The van der Waals surface area contributed by atoms with Gasteiger partial charge in [0.25, 0.3) is 0 Å². The van der Waals surface area contributed by atoms with Crippen molar-refractivity contribution in [1.82, 2.24) is 5.32 Å². The quantitative estimate of drug-likeness (QED) is 0.548. The number of hydrogen-bond acceptors (Lipinski definition) is 5. The maximum absolute atomic E-state index is 12.1. The molecule has 0 radical (unpaired) electrons. The Morgan fingerprint density at radius 3 is 3.00 bits per heavy atom. The molecule has 19 heavy (non-hydrogen) atoms. The van der Waals surface area contributed by atoms with Gasteiger partial charge in [-0.05, 0) is 20.3 Å². The molecule has 0 aromatic carbocycles. The number of aliphatic hydroxyl groups excluding tert-OH is 1. The average molecular weight is 266 g/mol. The van der Waals surface area contributed by atoms with E-state index < -0.39 is 5.54 Å². The first kappa shape index (κ1) is 14.2. The normalized spacial score (nSPS) is 34.6. The van der Waals surface area contributed by atoms with Crippen molar-refractivity contribution in [3.8, 4) is 0 Å². The lowest BCUT2D eigenvalue weighted by Crippen LogP contribution is -2.49. The first-order valence-corrected chi connectivity index (χ1v) is 6.82. The average Bonchev–Trinajstić information content (AvgIpc) is 2.92. The molecule has 5 nitrogen and oxygen atoms in total. The van der Waals surface area contributed by atoms with Crippen LogP contribution >= 0.6 is 0 Å². The first-order chi connectivity index (χ1) is 9.03. The predicted octanol–water partition coefficient (Wildman–Crippen LogP) is 0.678. The van der Waals surface area contributed by atoms with Gasteiger partial charge in [-0.15, -0.1) is 6.58 Å². The molecule has 0 bridgehead atoms. The summed E-state index contributed by atoms with van der Waals surface area (Å²) in [5.41, 5.74) is 0.277. The van der Waals surface area contributed by atoms with Crippen LogP contribution in [-0.4, -0.2) is 47.6 Å². The highest BCUT2D eigenvalue weighted by molar-refractivity contribution is 5.93. The SMILES string of the molecule is C=C[C@@H]1C[C@]1(NC(C)C1=NC[C@H](O)C1)C(=O)OCC. The van der Waals surface area contributed by atoms with E-state index in [4.69, 9.17) is 4.74 Å². The van der Waals surface area contributed by atoms with E-state index in [1.54, 1.807) is 13.0 Å². The fraction of sp³-hybridized carbons (Fsp3) is 0.714. The molecule has 2 rings (SSSR count). The van der Waals surface area contributed by atoms with Crippen LogP contribution in [0.5, 0.6) is 0 Å². The maximum Gasteiger partial charge on any atom is 0.326 e. The molecule has 5 heteroatoms. The Bertz CT molecular complexity index is 407. The summed E-state index contributed by atoms with van der Waals surface area (Å²) in [6.07, 6.45) is 2.70. The number of carbonyl (C=O) groups is 1. The molecule has 0 spiro atoms. The van der Waals surface area contributed by atoms with Gasteiger partial charge in [0.1, 0.15) is 5.54 Å². The van der Waals surface area contributed by atoms with Crippen LogP contribution in [0.25, 0.3) is 0 Å². The fourth-order valence-corrected chi connectivity index (χ4v) is 2.67. The lowest BCUT2D eigenvalue weighted by atomic mass is 10.1. The molecule has 1 heterocycles. The zero-order valence-corrected chi connectivity index (χ0v) is 11.6. The van der Waals surface area contributed by atoms with Crippen molar-refractivity contribution in [2.45, 2.75) is 44.4 Å². The van der Waals surface area contributed by atoms with Crippen molar-refractivity contribution in [2.75, 3.05) is 13.2 Å².